The molecule has 0 radical (unpaired) electrons. The van der Waals surface area contributed by atoms with Crippen LogP contribution in [-0.4, -0.2) is 13.1 Å². The lowest BCUT2D eigenvalue weighted by atomic mass is 9.85. The lowest BCUT2D eigenvalue weighted by molar-refractivity contribution is 0.318. The molecular weight excluding hydrogens is 208 g/mol. The highest BCUT2D eigenvalue weighted by molar-refractivity contribution is 5.54. The van der Waals surface area contributed by atoms with E-state index in [9.17, 15) is 0 Å². The Labute approximate surface area is 105 Å². The highest BCUT2D eigenvalue weighted by Crippen LogP contribution is 2.31. The van der Waals surface area contributed by atoms with Gasteiger partial charge in [0.2, 0.25) is 0 Å². The van der Waals surface area contributed by atoms with Gasteiger partial charge in [-0.05, 0) is 44.2 Å². The topological polar surface area (TPSA) is 29.3 Å². The standard InChI is InChI=1S/C15H24N2/c1-3-17(11-13-7-6-8-13)15-10-5-4-9-14(15)12(2)16/h4-5,9-10,12-13H,3,6-8,11,16H2,1-2H3. The minimum Gasteiger partial charge on any atom is -0.371 e. The quantitative estimate of drug-likeness (QED) is 0.843. The summed E-state index contributed by atoms with van der Waals surface area (Å²) in [7, 11) is 0. The summed E-state index contributed by atoms with van der Waals surface area (Å²) in [5.74, 6) is 0.899. The minimum atomic E-state index is 0.113. The van der Waals surface area contributed by atoms with Gasteiger partial charge in [0, 0.05) is 24.8 Å². The molecule has 0 aromatic heterocycles. The second-order valence-corrected chi connectivity index (χ2v) is 5.18. The fourth-order valence-corrected chi connectivity index (χ4v) is 2.55. The van der Waals surface area contributed by atoms with Gasteiger partial charge in [0.1, 0.15) is 0 Å². The average molecular weight is 232 g/mol. The first-order chi connectivity index (χ1) is 8.22. The van der Waals surface area contributed by atoms with Gasteiger partial charge in [-0.2, -0.15) is 0 Å². The summed E-state index contributed by atoms with van der Waals surface area (Å²) >= 11 is 0. The number of nitrogens with two attached hydrogens (primary N) is 1. The molecule has 1 atom stereocenters. The van der Waals surface area contributed by atoms with Crippen LogP contribution in [0.4, 0.5) is 5.69 Å². The zero-order valence-electron chi connectivity index (χ0n) is 11.0. The normalized spacial score (nSPS) is 17.6. The molecule has 2 N–H and O–H groups in total. The maximum absolute atomic E-state index is 6.06. The molecule has 17 heavy (non-hydrogen) atoms. The zero-order chi connectivity index (χ0) is 12.3. The Balaban J connectivity index is 2.16. The van der Waals surface area contributed by atoms with E-state index in [-0.39, 0.29) is 6.04 Å². The summed E-state index contributed by atoms with van der Waals surface area (Å²) in [6.07, 6.45) is 4.21. The molecule has 1 fully saturated rings. The number of para-hydroxylation sites is 1. The van der Waals surface area contributed by atoms with Gasteiger partial charge < -0.3 is 10.6 Å². The number of benzene rings is 1. The van der Waals surface area contributed by atoms with E-state index in [4.69, 9.17) is 5.73 Å². The summed E-state index contributed by atoms with van der Waals surface area (Å²) in [6.45, 7) is 6.56. The van der Waals surface area contributed by atoms with Gasteiger partial charge in [-0.15, -0.1) is 0 Å². The van der Waals surface area contributed by atoms with Crippen molar-refractivity contribution in [2.75, 3.05) is 18.0 Å². The van der Waals surface area contributed by atoms with Gasteiger partial charge in [0.15, 0.2) is 0 Å². The molecule has 0 aliphatic heterocycles. The zero-order valence-corrected chi connectivity index (χ0v) is 11.0. The van der Waals surface area contributed by atoms with Crippen molar-refractivity contribution in [3.8, 4) is 0 Å². The van der Waals surface area contributed by atoms with E-state index in [1.165, 1.54) is 37.1 Å². The van der Waals surface area contributed by atoms with E-state index in [1.807, 2.05) is 0 Å². The van der Waals surface area contributed by atoms with Crippen molar-refractivity contribution in [2.45, 2.75) is 39.2 Å². The predicted molar refractivity (Wildman–Crippen MR) is 74.3 cm³/mol. The van der Waals surface area contributed by atoms with Crippen LogP contribution in [0.25, 0.3) is 0 Å². The third-order valence-corrected chi connectivity index (χ3v) is 3.85. The Morgan fingerprint density at radius 1 is 1.35 bits per heavy atom. The Kier molecular flexibility index (Phi) is 4.06. The summed E-state index contributed by atoms with van der Waals surface area (Å²) in [6, 6.07) is 8.68. The van der Waals surface area contributed by atoms with Gasteiger partial charge in [0.25, 0.3) is 0 Å². The molecule has 1 aliphatic carbocycles. The first-order valence-corrected chi connectivity index (χ1v) is 6.81. The Bertz CT molecular complexity index is 356. The Morgan fingerprint density at radius 3 is 2.59 bits per heavy atom. The second-order valence-electron chi connectivity index (χ2n) is 5.18. The first kappa shape index (κ1) is 12.4. The van der Waals surface area contributed by atoms with E-state index in [2.05, 4.69) is 43.0 Å². The van der Waals surface area contributed by atoms with Crippen LogP contribution in [0.15, 0.2) is 24.3 Å². The molecule has 0 heterocycles. The van der Waals surface area contributed by atoms with Crippen molar-refractivity contribution >= 4 is 5.69 Å². The van der Waals surface area contributed by atoms with Crippen molar-refractivity contribution in [3.05, 3.63) is 29.8 Å². The Morgan fingerprint density at radius 2 is 2.06 bits per heavy atom. The lowest BCUT2D eigenvalue weighted by Crippen LogP contribution is -2.33. The molecule has 1 aliphatic rings. The van der Waals surface area contributed by atoms with Crippen molar-refractivity contribution < 1.29 is 0 Å². The van der Waals surface area contributed by atoms with E-state index in [1.54, 1.807) is 0 Å². The van der Waals surface area contributed by atoms with Crippen LogP contribution in [-0.2, 0) is 0 Å². The van der Waals surface area contributed by atoms with Gasteiger partial charge in [-0.1, -0.05) is 24.6 Å². The fourth-order valence-electron chi connectivity index (χ4n) is 2.55. The molecular formula is C15H24N2. The molecule has 2 heteroatoms. The molecule has 0 spiro atoms. The maximum atomic E-state index is 6.06. The third-order valence-electron chi connectivity index (χ3n) is 3.85. The molecule has 0 amide bonds. The van der Waals surface area contributed by atoms with Crippen LogP contribution in [0.5, 0.6) is 0 Å². The van der Waals surface area contributed by atoms with E-state index in [0.29, 0.717) is 0 Å². The van der Waals surface area contributed by atoms with E-state index < -0.39 is 0 Å². The minimum absolute atomic E-state index is 0.113. The molecule has 0 bridgehead atoms. The molecule has 1 aromatic carbocycles. The highest BCUT2D eigenvalue weighted by Gasteiger charge is 2.21. The number of hydrogen-bond acceptors (Lipinski definition) is 2. The molecule has 1 aromatic rings. The van der Waals surface area contributed by atoms with Crippen molar-refractivity contribution in [1.82, 2.24) is 0 Å². The highest BCUT2D eigenvalue weighted by atomic mass is 15.1. The van der Waals surface area contributed by atoms with Gasteiger partial charge in [-0.3, -0.25) is 0 Å². The third kappa shape index (κ3) is 2.81. The summed E-state index contributed by atoms with van der Waals surface area (Å²) in [5.41, 5.74) is 8.66. The fraction of sp³-hybridized carbons (Fsp3) is 0.600. The van der Waals surface area contributed by atoms with Crippen LogP contribution >= 0.6 is 0 Å². The van der Waals surface area contributed by atoms with Gasteiger partial charge >= 0.3 is 0 Å². The summed E-state index contributed by atoms with van der Waals surface area (Å²) < 4.78 is 0. The van der Waals surface area contributed by atoms with Crippen LogP contribution in [0.3, 0.4) is 0 Å². The van der Waals surface area contributed by atoms with E-state index in [0.717, 1.165) is 12.5 Å². The van der Waals surface area contributed by atoms with Crippen LogP contribution < -0.4 is 10.6 Å². The lowest BCUT2D eigenvalue weighted by Gasteiger charge is -2.34. The number of rotatable bonds is 5. The molecule has 2 nitrogen and oxygen atoms in total. The van der Waals surface area contributed by atoms with Crippen molar-refractivity contribution in [1.29, 1.82) is 0 Å². The smallest absolute Gasteiger partial charge is 0.0414 e. The number of hydrogen-bond donors (Lipinski definition) is 1. The van der Waals surface area contributed by atoms with E-state index >= 15 is 0 Å². The van der Waals surface area contributed by atoms with Crippen LogP contribution in [0.2, 0.25) is 0 Å². The largest absolute Gasteiger partial charge is 0.371 e. The van der Waals surface area contributed by atoms with Crippen LogP contribution in [0, 0.1) is 5.92 Å². The molecule has 1 unspecified atom stereocenters. The summed E-state index contributed by atoms with van der Waals surface area (Å²) in [5, 5.41) is 0. The number of nitrogens with zero attached hydrogens (tertiary/aromatic N) is 1. The van der Waals surface area contributed by atoms with Gasteiger partial charge in [-0.25, -0.2) is 0 Å². The summed E-state index contributed by atoms with van der Waals surface area (Å²) in [4.78, 5) is 2.49. The second kappa shape index (κ2) is 5.54. The molecule has 1 saturated carbocycles. The monoisotopic (exact) mass is 232 g/mol. The maximum Gasteiger partial charge on any atom is 0.0414 e. The van der Waals surface area contributed by atoms with Gasteiger partial charge in [0.05, 0.1) is 0 Å². The SMILES string of the molecule is CCN(CC1CCC1)c1ccccc1C(C)N. The molecule has 2 rings (SSSR count). The molecule has 0 saturated heterocycles. The predicted octanol–water partition coefficient (Wildman–Crippen LogP) is 3.33. The molecule has 94 valence electrons. The van der Waals surface area contributed by atoms with Crippen LogP contribution in [0.1, 0.15) is 44.7 Å². The Hall–Kier alpha value is -1.02. The average Bonchev–Trinajstić information content (AvgIpc) is 2.28. The van der Waals surface area contributed by atoms with Crippen molar-refractivity contribution in [2.24, 2.45) is 11.7 Å². The van der Waals surface area contributed by atoms with Crippen molar-refractivity contribution in [3.63, 3.8) is 0 Å². The number of anilines is 1. The first-order valence-electron chi connectivity index (χ1n) is 6.81.